The molecule has 0 saturated carbocycles. The van der Waals surface area contributed by atoms with Crippen LogP contribution in [0.25, 0.3) is 0 Å². The first-order valence-corrected chi connectivity index (χ1v) is 7.39. The summed E-state index contributed by atoms with van der Waals surface area (Å²) in [6.07, 6.45) is 12.7. The SMILES string of the molecule is CCCCc1ccsc1C(C)(C)C1=[C-]CC=C1.[Cl-].[Cl-].[Ti+3]. The van der Waals surface area contributed by atoms with Crippen LogP contribution < -0.4 is 24.8 Å². The average molecular weight is 364 g/mol. The molecule has 0 unspecified atom stereocenters. The first-order chi connectivity index (χ1) is 8.16. The normalized spacial score (nSPS) is 13.1. The van der Waals surface area contributed by atoms with Crippen LogP contribution in [0.3, 0.4) is 0 Å². The fourth-order valence-corrected chi connectivity index (χ4v) is 3.50. The van der Waals surface area contributed by atoms with Crippen LogP contribution in [-0.4, -0.2) is 0 Å². The van der Waals surface area contributed by atoms with Crippen LogP contribution in [0.15, 0.2) is 29.2 Å². The molecule has 1 aliphatic carbocycles. The molecular weight excluding hydrogens is 343 g/mol. The molecule has 0 spiro atoms. The van der Waals surface area contributed by atoms with Gasteiger partial charge in [0.15, 0.2) is 0 Å². The number of halogens is 2. The van der Waals surface area contributed by atoms with Crippen molar-refractivity contribution in [2.24, 2.45) is 0 Å². The van der Waals surface area contributed by atoms with Gasteiger partial charge in [-0.3, -0.25) is 6.08 Å². The van der Waals surface area contributed by atoms with E-state index >= 15 is 0 Å². The molecule has 1 aliphatic rings. The Morgan fingerprint density at radius 1 is 1.30 bits per heavy atom. The molecule has 2 rings (SSSR count). The molecule has 0 fully saturated rings. The molecule has 0 amide bonds. The van der Waals surface area contributed by atoms with E-state index in [1.165, 1.54) is 35.3 Å². The van der Waals surface area contributed by atoms with Crippen molar-refractivity contribution in [2.75, 3.05) is 0 Å². The zero-order valence-corrected chi connectivity index (χ0v) is 16.2. The Labute approximate surface area is 154 Å². The first kappa shape index (κ1) is 22.8. The van der Waals surface area contributed by atoms with Gasteiger partial charge in [0.25, 0.3) is 0 Å². The largest absolute Gasteiger partial charge is 3.00 e. The molecule has 4 heteroatoms. The van der Waals surface area contributed by atoms with E-state index in [4.69, 9.17) is 0 Å². The maximum atomic E-state index is 3.48. The van der Waals surface area contributed by atoms with Crippen LogP contribution >= 0.6 is 11.3 Å². The Balaban J connectivity index is 0. The summed E-state index contributed by atoms with van der Waals surface area (Å²) in [4.78, 5) is 1.53. The van der Waals surface area contributed by atoms with E-state index in [1.54, 1.807) is 0 Å². The number of rotatable bonds is 5. The molecule has 1 heterocycles. The van der Waals surface area contributed by atoms with Crippen LogP contribution in [0, 0.1) is 6.08 Å². The van der Waals surface area contributed by atoms with Crippen molar-refractivity contribution in [1.29, 1.82) is 0 Å². The predicted octanol–water partition coefficient (Wildman–Crippen LogP) is -0.937. The molecular formula is C16H21Cl2STi. The second-order valence-electron chi connectivity index (χ2n) is 5.20. The van der Waals surface area contributed by atoms with E-state index in [2.05, 4.69) is 50.4 Å². The van der Waals surface area contributed by atoms with Crippen molar-refractivity contribution < 1.29 is 46.5 Å². The molecule has 20 heavy (non-hydrogen) atoms. The molecule has 0 aromatic carbocycles. The number of hydrogen-bond donors (Lipinski definition) is 0. The van der Waals surface area contributed by atoms with E-state index in [9.17, 15) is 0 Å². The minimum Gasteiger partial charge on any atom is -1.00 e. The molecule has 109 valence electrons. The standard InChI is InChI=1S/C16H21S.2ClH.Ti/c1-4-5-8-13-11-12-17-15(13)16(2,3)14-9-6-7-10-14;;;/h6,9,11-12H,4-5,7-8H2,1-3H3;2*1H;/q-1;;;+3/p-2. The van der Waals surface area contributed by atoms with E-state index in [0.29, 0.717) is 0 Å². The second-order valence-corrected chi connectivity index (χ2v) is 6.12. The number of allylic oxidation sites excluding steroid dienone is 4. The quantitative estimate of drug-likeness (QED) is 0.468. The van der Waals surface area contributed by atoms with Gasteiger partial charge < -0.3 is 24.8 Å². The Hall–Kier alpha value is 0.474. The third-order valence-electron chi connectivity index (χ3n) is 3.48. The van der Waals surface area contributed by atoms with Crippen LogP contribution in [0.5, 0.6) is 0 Å². The average Bonchev–Trinajstić information content (AvgIpc) is 2.97. The van der Waals surface area contributed by atoms with E-state index in [-0.39, 0.29) is 51.9 Å². The van der Waals surface area contributed by atoms with Crippen molar-refractivity contribution in [3.05, 3.63) is 45.7 Å². The molecule has 0 saturated heterocycles. The first-order valence-electron chi connectivity index (χ1n) is 6.51. The summed E-state index contributed by atoms with van der Waals surface area (Å²) in [6, 6.07) is 2.30. The van der Waals surface area contributed by atoms with Gasteiger partial charge in [-0.15, -0.1) is 17.8 Å². The van der Waals surface area contributed by atoms with Crippen molar-refractivity contribution in [3.8, 4) is 0 Å². The smallest absolute Gasteiger partial charge is 1.00 e. The van der Waals surface area contributed by atoms with E-state index in [0.717, 1.165) is 6.42 Å². The second kappa shape index (κ2) is 10.2. The minimum absolute atomic E-state index is 0. The Morgan fingerprint density at radius 2 is 2.00 bits per heavy atom. The maximum Gasteiger partial charge on any atom is 3.00 e. The molecule has 0 bridgehead atoms. The summed E-state index contributed by atoms with van der Waals surface area (Å²) in [5.41, 5.74) is 3.03. The van der Waals surface area contributed by atoms with Gasteiger partial charge in [0.05, 0.1) is 0 Å². The van der Waals surface area contributed by atoms with Crippen molar-refractivity contribution in [2.45, 2.75) is 51.9 Å². The van der Waals surface area contributed by atoms with Gasteiger partial charge in [-0.1, -0.05) is 27.2 Å². The fourth-order valence-electron chi connectivity index (χ4n) is 2.40. The Bertz CT molecular complexity index is 447. The van der Waals surface area contributed by atoms with Crippen molar-refractivity contribution >= 4 is 11.3 Å². The number of thiophene rings is 1. The van der Waals surface area contributed by atoms with E-state index in [1.807, 2.05) is 11.3 Å². The molecule has 1 aromatic heterocycles. The van der Waals surface area contributed by atoms with Gasteiger partial charge in [0, 0.05) is 4.88 Å². The van der Waals surface area contributed by atoms with Gasteiger partial charge >= 0.3 is 21.7 Å². The zero-order chi connectivity index (χ0) is 12.3. The number of unbranched alkanes of at least 4 members (excludes halogenated alkanes) is 1. The van der Waals surface area contributed by atoms with Gasteiger partial charge in [-0.05, 0) is 35.3 Å². The number of hydrogen-bond acceptors (Lipinski definition) is 1. The summed E-state index contributed by atoms with van der Waals surface area (Å²) in [6.45, 7) is 6.91. The molecule has 0 nitrogen and oxygen atoms in total. The van der Waals surface area contributed by atoms with Gasteiger partial charge in [0.1, 0.15) is 0 Å². The Morgan fingerprint density at radius 3 is 2.55 bits per heavy atom. The van der Waals surface area contributed by atoms with Crippen LogP contribution in [0.4, 0.5) is 0 Å². The molecule has 0 N–H and O–H groups in total. The summed E-state index contributed by atoms with van der Waals surface area (Å²) in [7, 11) is 0. The monoisotopic (exact) mass is 363 g/mol. The summed E-state index contributed by atoms with van der Waals surface area (Å²) < 4.78 is 0. The van der Waals surface area contributed by atoms with Gasteiger partial charge in [0.2, 0.25) is 0 Å². The summed E-state index contributed by atoms with van der Waals surface area (Å²) in [5, 5.41) is 2.24. The van der Waals surface area contributed by atoms with Gasteiger partial charge in [-0.2, -0.15) is 6.08 Å². The van der Waals surface area contributed by atoms with Crippen LogP contribution in [0.1, 0.15) is 50.5 Å². The number of aryl methyl sites for hydroxylation is 1. The summed E-state index contributed by atoms with van der Waals surface area (Å²) in [5.74, 6) is 0. The molecule has 0 aliphatic heterocycles. The van der Waals surface area contributed by atoms with Gasteiger partial charge in [-0.25, -0.2) is 11.6 Å². The van der Waals surface area contributed by atoms with E-state index < -0.39 is 0 Å². The predicted molar refractivity (Wildman–Crippen MR) is 76.5 cm³/mol. The molecule has 1 aromatic rings. The van der Waals surface area contributed by atoms with Crippen molar-refractivity contribution in [3.63, 3.8) is 0 Å². The van der Waals surface area contributed by atoms with Crippen molar-refractivity contribution in [1.82, 2.24) is 0 Å². The Kier molecular flexibility index (Phi) is 11.7. The topological polar surface area (TPSA) is 0 Å². The maximum absolute atomic E-state index is 3.48. The van der Waals surface area contributed by atoms with Crippen LogP contribution in [-0.2, 0) is 33.6 Å². The molecule has 0 atom stereocenters. The third-order valence-corrected chi connectivity index (χ3v) is 4.76. The third kappa shape index (κ3) is 5.03. The molecule has 1 radical (unpaired) electrons. The zero-order valence-electron chi connectivity index (χ0n) is 12.3. The fraction of sp³-hybridized carbons (Fsp3) is 0.500. The summed E-state index contributed by atoms with van der Waals surface area (Å²) >= 11 is 1.90. The minimum atomic E-state index is 0. The van der Waals surface area contributed by atoms with Crippen LogP contribution in [0.2, 0.25) is 0 Å².